The van der Waals surface area contributed by atoms with Crippen LogP contribution in [0, 0.1) is 0 Å². The topological polar surface area (TPSA) is 130 Å². The van der Waals surface area contributed by atoms with E-state index in [9.17, 15) is 9.59 Å². The second-order valence-electron chi connectivity index (χ2n) is 7.82. The number of benzene rings is 2. The first kappa shape index (κ1) is 29.1. The first-order valence-corrected chi connectivity index (χ1v) is 13.8. The van der Waals surface area contributed by atoms with E-state index in [2.05, 4.69) is 11.4 Å². The van der Waals surface area contributed by atoms with Gasteiger partial charge >= 0.3 is 22.3 Å². The molecule has 0 fully saturated rings. The summed E-state index contributed by atoms with van der Waals surface area (Å²) in [4.78, 5) is 29.5. The largest absolute Gasteiger partial charge is 0.466 e. The van der Waals surface area contributed by atoms with Crippen LogP contribution < -0.4 is 0 Å². The minimum Gasteiger partial charge on any atom is -0.466 e. The molecule has 198 valence electrons. The number of ether oxygens (including phenoxy) is 2. The van der Waals surface area contributed by atoms with Gasteiger partial charge in [-0.3, -0.25) is 14.0 Å². The van der Waals surface area contributed by atoms with Gasteiger partial charge in [0, 0.05) is 33.6 Å². The van der Waals surface area contributed by atoms with Gasteiger partial charge in [0.25, 0.3) is 0 Å². The van der Waals surface area contributed by atoms with Gasteiger partial charge in [-0.25, -0.2) is 9.59 Å². The molecule has 0 amide bonds. The van der Waals surface area contributed by atoms with E-state index < -0.39 is 34.5 Å². The summed E-state index contributed by atoms with van der Waals surface area (Å²) in [5.74, 6) is -1.30. The molecule has 0 radical (unpaired) electrons. The fourth-order valence-electron chi connectivity index (χ4n) is 3.87. The summed E-state index contributed by atoms with van der Waals surface area (Å²) >= 11 is 14.5. The Bertz CT molecular complexity index is 1350. The van der Waals surface area contributed by atoms with Gasteiger partial charge in [0.05, 0.1) is 7.11 Å². The molecule has 0 bridgehead atoms. The van der Waals surface area contributed by atoms with Gasteiger partial charge in [0.2, 0.25) is 6.10 Å². The zero-order chi connectivity index (χ0) is 27.2. The highest BCUT2D eigenvalue weighted by molar-refractivity contribution is 7.79. The Balaban J connectivity index is 0.000000695. The first-order valence-electron chi connectivity index (χ1n) is 10.8. The van der Waals surface area contributed by atoms with Crippen LogP contribution in [0.15, 0.2) is 60.0 Å². The molecule has 1 aromatic heterocycles. The van der Waals surface area contributed by atoms with Crippen molar-refractivity contribution in [2.24, 2.45) is 0 Å². The van der Waals surface area contributed by atoms with Gasteiger partial charge in [-0.2, -0.15) is 8.42 Å². The molecule has 1 aliphatic heterocycles. The number of hydrogen-bond acceptors (Lipinski definition) is 8. The summed E-state index contributed by atoms with van der Waals surface area (Å²) in [6, 6.07) is 15.2. The Hall–Kier alpha value is -2.51. The van der Waals surface area contributed by atoms with E-state index in [1.807, 2.05) is 17.0 Å². The lowest BCUT2D eigenvalue weighted by Gasteiger charge is -2.34. The molecule has 9 nitrogen and oxygen atoms in total. The predicted molar refractivity (Wildman–Crippen MR) is 139 cm³/mol. The molecular weight excluding hydrogens is 565 g/mol. The number of nitrogens with zero attached hydrogens (tertiary/aromatic N) is 1. The monoisotopic (exact) mass is 587 g/mol. The summed E-state index contributed by atoms with van der Waals surface area (Å²) < 4.78 is 42.3. The van der Waals surface area contributed by atoms with Crippen molar-refractivity contribution < 1.29 is 36.6 Å². The molecular formula is C24H23Cl2NO8S2. The van der Waals surface area contributed by atoms with Gasteiger partial charge < -0.3 is 9.47 Å². The van der Waals surface area contributed by atoms with Crippen LogP contribution >= 0.6 is 34.5 Å². The third-order valence-corrected chi connectivity index (χ3v) is 7.17. The van der Waals surface area contributed by atoms with Crippen molar-refractivity contribution in [3.05, 3.63) is 91.6 Å². The number of thiophene rings is 1. The van der Waals surface area contributed by atoms with Crippen LogP contribution in [0.2, 0.25) is 10.0 Å². The molecule has 0 saturated carbocycles. The first-order chi connectivity index (χ1) is 17.5. The quantitative estimate of drug-likeness (QED) is 0.303. The maximum Gasteiger partial charge on any atom is 0.394 e. The lowest BCUT2D eigenvalue weighted by molar-refractivity contribution is -0.170. The fraction of sp³-hybridized carbons (Fsp3) is 0.250. The molecule has 4 rings (SSSR count). The molecule has 2 aromatic carbocycles. The van der Waals surface area contributed by atoms with Crippen molar-refractivity contribution >= 4 is 56.9 Å². The molecule has 2 atom stereocenters. The van der Waals surface area contributed by atoms with Crippen LogP contribution in [0.25, 0.3) is 0 Å². The van der Waals surface area contributed by atoms with Crippen molar-refractivity contribution in [3.63, 3.8) is 0 Å². The molecule has 0 unspecified atom stereocenters. The third-order valence-electron chi connectivity index (χ3n) is 5.46. The zero-order valence-corrected chi connectivity index (χ0v) is 22.6. The van der Waals surface area contributed by atoms with E-state index in [4.69, 9.17) is 50.2 Å². The molecule has 37 heavy (non-hydrogen) atoms. The van der Waals surface area contributed by atoms with Crippen molar-refractivity contribution in [2.75, 3.05) is 13.7 Å². The Labute approximate surface area is 228 Å². The van der Waals surface area contributed by atoms with Gasteiger partial charge in [0.1, 0.15) is 6.04 Å². The summed E-state index contributed by atoms with van der Waals surface area (Å²) in [6.45, 7) is 1.24. The van der Waals surface area contributed by atoms with Crippen LogP contribution in [-0.4, -0.2) is 48.0 Å². The molecule has 2 heterocycles. The van der Waals surface area contributed by atoms with Gasteiger partial charge in [-0.1, -0.05) is 59.6 Å². The van der Waals surface area contributed by atoms with E-state index >= 15 is 0 Å². The van der Waals surface area contributed by atoms with E-state index in [1.165, 1.54) is 17.6 Å². The molecule has 13 heteroatoms. The number of hydrogen-bond donors (Lipinski definition) is 2. The van der Waals surface area contributed by atoms with Crippen molar-refractivity contribution in [2.45, 2.75) is 25.1 Å². The average molecular weight is 588 g/mol. The summed E-state index contributed by atoms with van der Waals surface area (Å²) in [5.41, 5.74) is 2.17. The van der Waals surface area contributed by atoms with E-state index in [0.29, 0.717) is 34.3 Å². The maximum atomic E-state index is 13.6. The average Bonchev–Trinajstić information content (AvgIpc) is 3.31. The Kier molecular flexibility index (Phi) is 10.1. The van der Waals surface area contributed by atoms with Gasteiger partial charge in [-0.05, 0) is 41.1 Å². The van der Waals surface area contributed by atoms with Gasteiger partial charge in [0.15, 0.2) is 0 Å². The minimum absolute atomic E-state index is 0.311. The number of carbonyl (C=O) groups is 2. The fourth-order valence-corrected chi connectivity index (χ4v) is 5.24. The van der Waals surface area contributed by atoms with Crippen LogP contribution in [0.5, 0.6) is 0 Å². The Morgan fingerprint density at radius 3 is 2.11 bits per heavy atom. The summed E-state index contributed by atoms with van der Waals surface area (Å²) in [6.07, 6.45) is -0.459. The smallest absolute Gasteiger partial charge is 0.394 e. The molecule has 3 aromatic rings. The number of halogens is 2. The SMILES string of the molecule is COC(=O)[C@H](OC(=O)[C@H](c1ccccc1Cl)N1CCc2sccc2C1)c1ccccc1Cl.O=S(=O)(O)O. The molecule has 1 aliphatic rings. The van der Waals surface area contributed by atoms with E-state index in [0.717, 1.165) is 6.42 Å². The van der Waals surface area contributed by atoms with Crippen LogP contribution in [0.4, 0.5) is 0 Å². The number of fused-ring (bicyclic) bond motifs is 1. The van der Waals surface area contributed by atoms with Crippen LogP contribution in [0.3, 0.4) is 0 Å². The predicted octanol–water partition coefficient (Wildman–Crippen LogP) is 4.96. The lowest BCUT2D eigenvalue weighted by Crippen LogP contribution is -2.39. The summed E-state index contributed by atoms with van der Waals surface area (Å²) in [7, 11) is -3.42. The van der Waals surface area contributed by atoms with Crippen molar-refractivity contribution in [1.82, 2.24) is 4.90 Å². The number of carbonyl (C=O) groups excluding carboxylic acids is 2. The third kappa shape index (κ3) is 7.99. The summed E-state index contributed by atoms with van der Waals surface area (Å²) in [5, 5.41) is 2.82. The van der Waals surface area contributed by atoms with Crippen LogP contribution in [0.1, 0.15) is 33.7 Å². The maximum absolute atomic E-state index is 13.6. The highest BCUT2D eigenvalue weighted by atomic mass is 35.5. The van der Waals surface area contributed by atoms with E-state index in [1.54, 1.807) is 47.7 Å². The second-order valence-corrected chi connectivity index (χ2v) is 10.5. The molecule has 0 spiro atoms. The molecule has 0 saturated heterocycles. The second kappa shape index (κ2) is 12.8. The number of esters is 2. The van der Waals surface area contributed by atoms with Crippen LogP contribution in [-0.2, 0) is 42.4 Å². The molecule has 2 N–H and O–H groups in total. The van der Waals surface area contributed by atoms with E-state index in [-0.39, 0.29) is 0 Å². The highest BCUT2D eigenvalue weighted by Gasteiger charge is 2.37. The highest BCUT2D eigenvalue weighted by Crippen LogP contribution is 2.36. The zero-order valence-electron chi connectivity index (χ0n) is 19.4. The van der Waals surface area contributed by atoms with Crippen molar-refractivity contribution in [1.29, 1.82) is 0 Å². The standard InChI is InChI=1S/C24H21Cl2NO4S.H2O4S/c1-30-24(29)22(17-7-3-5-9-19(17)26)31-23(28)21(16-6-2-4-8-18(16)25)27-12-10-20-15(14-27)11-13-32-20;1-5(2,3)4/h2-9,11,13,21-22H,10,12,14H2,1H3;(H2,1,2,3,4)/t21-,22+;/m0./s1. The minimum atomic E-state index is -4.67. The molecule has 0 aliphatic carbocycles. The number of methoxy groups -OCH3 is 1. The van der Waals surface area contributed by atoms with Crippen molar-refractivity contribution in [3.8, 4) is 0 Å². The lowest BCUT2D eigenvalue weighted by atomic mass is 10.0. The Morgan fingerprint density at radius 2 is 1.54 bits per heavy atom. The normalized spacial score (nSPS) is 14.9. The Morgan fingerprint density at radius 1 is 0.973 bits per heavy atom. The van der Waals surface area contributed by atoms with Gasteiger partial charge in [-0.15, -0.1) is 11.3 Å². The number of rotatable bonds is 6.